The molecule has 2 heteroatoms. The van der Waals surface area contributed by atoms with Gasteiger partial charge in [-0.3, -0.25) is 0 Å². The summed E-state index contributed by atoms with van der Waals surface area (Å²) in [6.45, 7) is 7.75. The first kappa shape index (κ1) is 15.2. The van der Waals surface area contributed by atoms with E-state index in [0.717, 1.165) is 19.6 Å². The summed E-state index contributed by atoms with van der Waals surface area (Å²) in [5.74, 6) is 0. The monoisotopic (exact) mass is 248 g/mol. The highest BCUT2D eigenvalue weighted by molar-refractivity contribution is 5.18. The largest absolute Gasteiger partial charge is 0.309 e. The molecule has 0 heterocycles. The Labute approximate surface area is 112 Å². The molecule has 0 radical (unpaired) electrons. The molecule has 2 nitrogen and oxygen atoms in total. The predicted molar refractivity (Wildman–Crippen MR) is 79.9 cm³/mol. The fraction of sp³-hybridized carbons (Fsp3) is 0.625. The van der Waals surface area contributed by atoms with Gasteiger partial charge in [-0.2, -0.15) is 0 Å². The number of nitrogens with zero attached hydrogens (tertiary/aromatic N) is 1. The van der Waals surface area contributed by atoms with E-state index in [1.165, 1.54) is 24.8 Å². The fourth-order valence-electron chi connectivity index (χ4n) is 2.07. The molecule has 0 amide bonds. The zero-order valence-corrected chi connectivity index (χ0v) is 12.2. The van der Waals surface area contributed by atoms with Gasteiger partial charge in [0, 0.05) is 19.1 Å². The minimum absolute atomic E-state index is 0.511. The average Bonchev–Trinajstić information content (AvgIpc) is 2.43. The van der Waals surface area contributed by atoms with E-state index in [1.54, 1.807) is 0 Å². The Morgan fingerprint density at radius 2 is 1.89 bits per heavy atom. The molecule has 0 bridgehead atoms. The molecule has 1 aromatic carbocycles. The predicted octanol–water partition coefficient (Wildman–Crippen LogP) is 3.46. The van der Waals surface area contributed by atoms with Gasteiger partial charge in [0.1, 0.15) is 0 Å². The van der Waals surface area contributed by atoms with Crippen molar-refractivity contribution in [2.45, 2.75) is 39.2 Å². The molecule has 1 aromatic rings. The normalized spacial score (nSPS) is 12.9. The van der Waals surface area contributed by atoms with Crippen LogP contribution in [0.5, 0.6) is 0 Å². The molecule has 0 fully saturated rings. The molecule has 1 rings (SSSR count). The standard InChI is InChI=1S/C16H28N2/c1-4-6-12-16(15-10-8-7-9-11-15)17-13-14-18(3)5-2/h7-11,16-17H,4-6,12-14H2,1-3H3. The Balaban J connectivity index is 2.46. The topological polar surface area (TPSA) is 15.3 Å². The number of benzene rings is 1. The molecule has 1 atom stereocenters. The third kappa shape index (κ3) is 5.65. The highest BCUT2D eigenvalue weighted by Crippen LogP contribution is 2.18. The lowest BCUT2D eigenvalue weighted by molar-refractivity contribution is 0.336. The third-order valence-electron chi connectivity index (χ3n) is 3.47. The van der Waals surface area contributed by atoms with Crippen molar-refractivity contribution < 1.29 is 0 Å². The maximum absolute atomic E-state index is 3.69. The molecule has 102 valence electrons. The molecule has 1 N–H and O–H groups in total. The van der Waals surface area contributed by atoms with Crippen LogP contribution in [0, 0.1) is 0 Å². The first-order valence-electron chi connectivity index (χ1n) is 7.24. The van der Waals surface area contributed by atoms with Crippen LogP contribution in [0.25, 0.3) is 0 Å². The number of nitrogens with one attached hydrogen (secondary N) is 1. The Morgan fingerprint density at radius 1 is 1.17 bits per heavy atom. The maximum Gasteiger partial charge on any atom is 0.0320 e. The minimum Gasteiger partial charge on any atom is -0.309 e. The third-order valence-corrected chi connectivity index (χ3v) is 3.47. The van der Waals surface area contributed by atoms with Gasteiger partial charge in [-0.25, -0.2) is 0 Å². The lowest BCUT2D eigenvalue weighted by Crippen LogP contribution is -2.31. The van der Waals surface area contributed by atoms with Crippen LogP contribution in [0.2, 0.25) is 0 Å². The highest BCUT2D eigenvalue weighted by atomic mass is 15.1. The van der Waals surface area contributed by atoms with Crippen molar-refractivity contribution >= 4 is 0 Å². The van der Waals surface area contributed by atoms with E-state index in [-0.39, 0.29) is 0 Å². The second kappa shape index (κ2) is 9.12. The van der Waals surface area contributed by atoms with Gasteiger partial charge < -0.3 is 10.2 Å². The molecule has 0 aliphatic rings. The van der Waals surface area contributed by atoms with Crippen molar-refractivity contribution in [1.82, 2.24) is 10.2 Å². The first-order valence-corrected chi connectivity index (χ1v) is 7.24. The van der Waals surface area contributed by atoms with Gasteiger partial charge in [0.2, 0.25) is 0 Å². The summed E-state index contributed by atoms with van der Waals surface area (Å²) in [4.78, 5) is 2.34. The molecule has 0 spiro atoms. The Bertz CT molecular complexity index is 297. The smallest absolute Gasteiger partial charge is 0.0320 e. The number of unbranched alkanes of at least 4 members (excludes halogenated alkanes) is 1. The summed E-state index contributed by atoms with van der Waals surface area (Å²) < 4.78 is 0. The molecule has 0 aliphatic heterocycles. The van der Waals surface area contributed by atoms with Crippen LogP contribution in [-0.2, 0) is 0 Å². The second-order valence-electron chi connectivity index (χ2n) is 4.96. The van der Waals surface area contributed by atoms with E-state index in [9.17, 15) is 0 Å². The average molecular weight is 248 g/mol. The van der Waals surface area contributed by atoms with Crippen molar-refractivity contribution in [2.24, 2.45) is 0 Å². The van der Waals surface area contributed by atoms with Crippen LogP contribution in [0.4, 0.5) is 0 Å². The SMILES string of the molecule is CCCCC(NCCN(C)CC)c1ccccc1. The summed E-state index contributed by atoms with van der Waals surface area (Å²) >= 11 is 0. The van der Waals surface area contributed by atoms with Gasteiger partial charge in [0.15, 0.2) is 0 Å². The summed E-state index contributed by atoms with van der Waals surface area (Å²) in [6, 6.07) is 11.3. The van der Waals surface area contributed by atoms with Gasteiger partial charge >= 0.3 is 0 Å². The van der Waals surface area contributed by atoms with Crippen molar-refractivity contribution in [2.75, 3.05) is 26.7 Å². The van der Waals surface area contributed by atoms with Crippen LogP contribution < -0.4 is 5.32 Å². The van der Waals surface area contributed by atoms with Crippen LogP contribution in [0.1, 0.15) is 44.7 Å². The van der Waals surface area contributed by atoms with Crippen molar-refractivity contribution in [3.05, 3.63) is 35.9 Å². The van der Waals surface area contributed by atoms with E-state index >= 15 is 0 Å². The summed E-state index contributed by atoms with van der Waals surface area (Å²) in [7, 11) is 2.17. The summed E-state index contributed by atoms with van der Waals surface area (Å²) in [5.41, 5.74) is 1.42. The molecule has 0 saturated carbocycles. The van der Waals surface area contributed by atoms with Crippen molar-refractivity contribution in [3.63, 3.8) is 0 Å². The van der Waals surface area contributed by atoms with Gasteiger partial charge in [0.25, 0.3) is 0 Å². The van der Waals surface area contributed by atoms with E-state index in [2.05, 4.69) is 61.4 Å². The maximum atomic E-state index is 3.69. The zero-order chi connectivity index (χ0) is 13.2. The zero-order valence-electron chi connectivity index (χ0n) is 12.2. The number of hydrogen-bond donors (Lipinski definition) is 1. The number of hydrogen-bond acceptors (Lipinski definition) is 2. The van der Waals surface area contributed by atoms with Crippen LogP contribution in [-0.4, -0.2) is 31.6 Å². The van der Waals surface area contributed by atoms with E-state index < -0.39 is 0 Å². The van der Waals surface area contributed by atoms with Crippen LogP contribution in [0.15, 0.2) is 30.3 Å². The molecular formula is C16H28N2. The first-order chi connectivity index (χ1) is 8.77. The van der Waals surface area contributed by atoms with E-state index in [1.807, 2.05) is 0 Å². The Morgan fingerprint density at radius 3 is 2.50 bits per heavy atom. The Hall–Kier alpha value is -0.860. The quantitative estimate of drug-likeness (QED) is 0.720. The van der Waals surface area contributed by atoms with Gasteiger partial charge in [0.05, 0.1) is 0 Å². The minimum atomic E-state index is 0.511. The van der Waals surface area contributed by atoms with Crippen molar-refractivity contribution in [3.8, 4) is 0 Å². The molecule has 18 heavy (non-hydrogen) atoms. The van der Waals surface area contributed by atoms with E-state index in [0.29, 0.717) is 6.04 Å². The van der Waals surface area contributed by atoms with Gasteiger partial charge in [-0.1, -0.05) is 57.0 Å². The molecule has 1 unspecified atom stereocenters. The summed E-state index contributed by atoms with van der Waals surface area (Å²) in [5, 5.41) is 3.69. The lowest BCUT2D eigenvalue weighted by Gasteiger charge is -2.21. The summed E-state index contributed by atoms with van der Waals surface area (Å²) in [6.07, 6.45) is 3.78. The van der Waals surface area contributed by atoms with Crippen LogP contribution in [0.3, 0.4) is 0 Å². The lowest BCUT2D eigenvalue weighted by atomic mass is 10.0. The van der Waals surface area contributed by atoms with Crippen molar-refractivity contribution in [1.29, 1.82) is 0 Å². The highest BCUT2D eigenvalue weighted by Gasteiger charge is 2.09. The molecule has 0 saturated heterocycles. The molecule has 0 aliphatic carbocycles. The second-order valence-corrected chi connectivity index (χ2v) is 4.96. The number of rotatable bonds is 9. The van der Waals surface area contributed by atoms with Gasteiger partial charge in [-0.05, 0) is 25.6 Å². The Kier molecular flexibility index (Phi) is 7.70. The molecule has 0 aromatic heterocycles. The fourth-order valence-corrected chi connectivity index (χ4v) is 2.07. The van der Waals surface area contributed by atoms with Gasteiger partial charge in [-0.15, -0.1) is 0 Å². The van der Waals surface area contributed by atoms with Crippen LogP contribution >= 0.6 is 0 Å². The molecular weight excluding hydrogens is 220 g/mol. The number of likely N-dealkylation sites (N-methyl/N-ethyl adjacent to an activating group) is 1. The van der Waals surface area contributed by atoms with E-state index in [4.69, 9.17) is 0 Å².